The van der Waals surface area contributed by atoms with Crippen LogP contribution in [-0.2, 0) is 9.53 Å². The zero-order chi connectivity index (χ0) is 27.5. The number of hydrogen-bond donors (Lipinski definition) is 0. The summed E-state index contributed by atoms with van der Waals surface area (Å²) in [5, 5.41) is 0. The van der Waals surface area contributed by atoms with Crippen LogP contribution in [0.4, 0.5) is 11.5 Å². The molecule has 2 fully saturated rings. The number of piperazine rings is 1. The zero-order valence-electron chi connectivity index (χ0n) is 22.3. The Hall–Kier alpha value is -3.41. The minimum absolute atomic E-state index is 0.190. The summed E-state index contributed by atoms with van der Waals surface area (Å²) in [5.41, 5.74) is 2.83. The Bertz CT molecular complexity index is 1480. The first-order valence-corrected chi connectivity index (χ1v) is 14.0. The number of rotatable bonds is 8. The fourth-order valence-corrected chi connectivity index (χ4v) is 6.12. The highest BCUT2D eigenvalue weighted by atomic mass is 32.2. The molecular formula is C28H31N5O4S2. The van der Waals surface area contributed by atoms with Gasteiger partial charge in [0.2, 0.25) is 0 Å². The van der Waals surface area contributed by atoms with E-state index in [4.69, 9.17) is 26.7 Å². The van der Waals surface area contributed by atoms with Gasteiger partial charge in [-0.1, -0.05) is 30.0 Å². The lowest BCUT2D eigenvalue weighted by Crippen LogP contribution is -2.47. The number of carbonyl (C=O) groups excluding carboxylic acids is 1. The average molecular weight is 566 g/mol. The van der Waals surface area contributed by atoms with Gasteiger partial charge in [-0.25, -0.2) is 4.98 Å². The lowest BCUT2D eigenvalue weighted by molar-refractivity contribution is -0.122. The van der Waals surface area contributed by atoms with Crippen molar-refractivity contribution in [3.05, 3.63) is 69.0 Å². The largest absolute Gasteiger partial charge is 0.497 e. The number of anilines is 2. The maximum absolute atomic E-state index is 13.8. The van der Waals surface area contributed by atoms with Crippen LogP contribution < -0.4 is 20.1 Å². The smallest absolute Gasteiger partial charge is 0.267 e. The van der Waals surface area contributed by atoms with E-state index in [2.05, 4.69) is 21.9 Å². The zero-order valence-corrected chi connectivity index (χ0v) is 23.9. The fraction of sp³-hybridized carbons (Fsp3) is 0.357. The number of benzene rings is 1. The predicted octanol–water partition coefficient (Wildman–Crippen LogP) is 3.58. The van der Waals surface area contributed by atoms with Gasteiger partial charge in [-0.15, -0.1) is 0 Å². The van der Waals surface area contributed by atoms with Gasteiger partial charge in [0.05, 0.1) is 17.6 Å². The lowest BCUT2D eigenvalue weighted by atomic mass is 10.2. The number of aryl methyl sites for hydroxylation is 1. The Morgan fingerprint density at radius 2 is 1.77 bits per heavy atom. The second kappa shape index (κ2) is 11.8. The van der Waals surface area contributed by atoms with E-state index >= 15 is 0 Å². The second-order valence-corrected chi connectivity index (χ2v) is 11.1. The van der Waals surface area contributed by atoms with E-state index in [0.717, 1.165) is 30.1 Å². The predicted molar refractivity (Wildman–Crippen MR) is 160 cm³/mol. The summed E-state index contributed by atoms with van der Waals surface area (Å²) in [7, 11) is 3.29. The Labute approximate surface area is 237 Å². The molecule has 0 atom stereocenters. The molecule has 0 N–H and O–H groups in total. The summed E-state index contributed by atoms with van der Waals surface area (Å²) in [6.07, 6.45) is 4.07. The normalized spacial score (nSPS) is 17.1. The number of ether oxygens (including phenoxy) is 2. The van der Waals surface area contributed by atoms with E-state index in [-0.39, 0.29) is 11.5 Å². The van der Waals surface area contributed by atoms with Crippen LogP contribution in [0.15, 0.2) is 52.3 Å². The summed E-state index contributed by atoms with van der Waals surface area (Å²) in [5.74, 6) is 1.22. The van der Waals surface area contributed by atoms with Crippen molar-refractivity contribution in [2.24, 2.45) is 0 Å². The molecule has 2 saturated heterocycles. The third-order valence-corrected chi connectivity index (χ3v) is 8.34. The molecule has 4 heterocycles. The van der Waals surface area contributed by atoms with Gasteiger partial charge in [-0.3, -0.25) is 18.9 Å². The van der Waals surface area contributed by atoms with Crippen LogP contribution in [0.5, 0.6) is 5.75 Å². The fourth-order valence-electron chi connectivity index (χ4n) is 4.83. The lowest BCUT2D eigenvalue weighted by Gasteiger charge is -2.37. The highest BCUT2D eigenvalue weighted by Gasteiger charge is 2.33. The summed E-state index contributed by atoms with van der Waals surface area (Å²) in [6.45, 7) is 5.85. The Balaban J connectivity index is 1.48. The second-order valence-electron chi connectivity index (χ2n) is 9.39. The molecule has 9 nitrogen and oxygen atoms in total. The highest BCUT2D eigenvalue weighted by Crippen LogP contribution is 2.34. The molecule has 0 radical (unpaired) electrons. The van der Waals surface area contributed by atoms with E-state index in [0.29, 0.717) is 58.9 Å². The first kappa shape index (κ1) is 27.2. The van der Waals surface area contributed by atoms with Crippen molar-refractivity contribution in [1.82, 2.24) is 14.3 Å². The number of thiocarbonyl (C=S) groups is 1. The molecule has 0 aliphatic carbocycles. The van der Waals surface area contributed by atoms with Gasteiger partial charge in [0.15, 0.2) is 0 Å². The molecule has 2 aliphatic rings. The van der Waals surface area contributed by atoms with Gasteiger partial charge in [-0.05, 0) is 55.3 Å². The van der Waals surface area contributed by atoms with Crippen LogP contribution in [0.3, 0.4) is 0 Å². The van der Waals surface area contributed by atoms with Crippen LogP contribution in [-0.4, -0.2) is 78.1 Å². The van der Waals surface area contributed by atoms with E-state index in [9.17, 15) is 9.59 Å². The van der Waals surface area contributed by atoms with Crippen molar-refractivity contribution in [3.63, 3.8) is 0 Å². The summed E-state index contributed by atoms with van der Waals surface area (Å²) < 4.78 is 12.4. The van der Waals surface area contributed by atoms with Crippen LogP contribution in [0.25, 0.3) is 11.7 Å². The van der Waals surface area contributed by atoms with Crippen molar-refractivity contribution in [1.29, 1.82) is 0 Å². The van der Waals surface area contributed by atoms with Gasteiger partial charge in [0.1, 0.15) is 21.5 Å². The number of aromatic nitrogens is 2. The summed E-state index contributed by atoms with van der Waals surface area (Å²) >= 11 is 6.71. The third-order valence-electron chi connectivity index (χ3n) is 6.96. The number of carbonyl (C=O) groups is 1. The Morgan fingerprint density at radius 3 is 2.46 bits per heavy atom. The molecule has 1 aromatic carbocycles. The SMILES string of the molecule is COCCCN1C(=O)C(=Cc2c(N3CCN(c4ccc(OC)cc4)CC3)nc3c(C)cccn3c2=O)SC1=S. The van der Waals surface area contributed by atoms with E-state index in [1.807, 2.05) is 31.2 Å². The Morgan fingerprint density at radius 1 is 1.05 bits per heavy atom. The average Bonchev–Trinajstić information content (AvgIpc) is 3.22. The van der Waals surface area contributed by atoms with Gasteiger partial charge in [0, 0.05) is 58.3 Å². The number of thioether (sulfide) groups is 1. The van der Waals surface area contributed by atoms with Crippen molar-refractivity contribution in [2.75, 3.05) is 63.4 Å². The van der Waals surface area contributed by atoms with Crippen molar-refractivity contribution in [2.45, 2.75) is 13.3 Å². The molecule has 2 aliphatic heterocycles. The maximum atomic E-state index is 13.8. The summed E-state index contributed by atoms with van der Waals surface area (Å²) in [4.78, 5) is 38.5. The number of hydrogen-bond acceptors (Lipinski definition) is 9. The first-order valence-electron chi connectivity index (χ1n) is 12.8. The molecular weight excluding hydrogens is 534 g/mol. The molecule has 0 saturated carbocycles. The molecule has 2 aromatic heterocycles. The van der Waals surface area contributed by atoms with Crippen LogP contribution in [0.1, 0.15) is 17.5 Å². The van der Waals surface area contributed by atoms with Gasteiger partial charge in [0.25, 0.3) is 11.5 Å². The standard InChI is InChI=1S/C28H31N5O4S2/c1-19-6-4-11-32-24(19)29-25(31-15-13-30(14-16-31)20-7-9-21(37-3)10-8-20)22(26(32)34)18-23-27(35)33(28(38)39-23)12-5-17-36-2/h4,6-11,18H,5,12-17H2,1-3H3. The third kappa shape index (κ3) is 5.52. The van der Waals surface area contributed by atoms with Crippen molar-refractivity contribution >= 4 is 57.4 Å². The molecule has 39 heavy (non-hydrogen) atoms. The number of pyridine rings is 1. The first-order chi connectivity index (χ1) is 18.9. The quantitative estimate of drug-likeness (QED) is 0.231. The molecule has 0 bridgehead atoms. The van der Waals surface area contributed by atoms with Crippen LogP contribution in [0, 0.1) is 6.92 Å². The van der Waals surface area contributed by atoms with Crippen LogP contribution >= 0.6 is 24.0 Å². The Kier molecular flexibility index (Phi) is 8.20. The van der Waals surface area contributed by atoms with Crippen molar-refractivity contribution in [3.8, 4) is 5.75 Å². The van der Waals surface area contributed by atoms with Gasteiger partial charge < -0.3 is 19.3 Å². The molecule has 3 aromatic rings. The number of methoxy groups -OCH3 is 2. The maximum Gasteiger partial charge on any atom is 0.267 e. The molecule has 0 unspecified atom stereocenters. The summed E-state index contributed by atoms with van der Waals surface area (Å²) in [6, 6.07) is 11.8. The topological polar surface area (TPSA) is 79.6 Å². The van der Waals surface area contributed by atoms with Gasteiger partial charge in [-0.2, -0.15) is 0 Å². The van der Waals surface area contributed by atoms with E-state index in [1.165, 1.54) is 11.8 Å². The van der Waals surface area contributed by atoms with Crippen molar-refractivity contribution < 1.29 is 14.3 Å². The number of nitrogens with zero attached hydrogens (tertiary/aromatic N) is 5. The minimum Gasteiger partial charge on any atom is -0.497 e. The number of amides is 1. The van der Waals surface area contributed by atoms with E-state index in [1.54, 1.807) is 35.8 Å². The monoisotopic (exact) mass is 565 g/mol. The van der Waals surface area contributed by atoms with E-state index < -0.39 is 0 Å². The molecule has 5 rings (SSSR count). The number of fused-ring (bicyclic) bond motifs is 1. The molecule has 1 amide bonds. The molecule has 0 spiro atoms. The van der Waals surface area contributed by atoms with Gasteiger partial charge >= 0.3 is 0 Å². The minimum atomic E-state index is -0.207. The molecule has 204 valence electrons. The van der Waals surface area contributed by atoms with Crippen LogP contribution in [0.2, 0.25) is 0 Å². The molecule has 11 heteroatoms. The highest BCUT2D eigenvalue weighted by molar-refractivity contribution is 8.26.